The lowest BCUT2D eigenvalue weighted by atomic mass is 9.99. The molecule has 2 N–H and O–H groups in total. The smallest absolute Gasteiger partial charge is 0.398 e. The van der Waals surface area contributed by atoms with Crippen LogP contribution in [0.15, 0.2) is 72.8 Å². The fraction of sp³-hybridized carbons (Fsp3) is 0.222. The zero-order chi connectivity index (χ0) is 37.4. The second-order valence-corrected chi connectivity index (χ2v) is 12.7. The normalized spacial score (nSPS) is 16.9. The van der Waals surface area contributed by atoms with Crippen LogP contribution in [-0.2, 0) is 12.4 Å². The quantitative estimate of drug-likeness (QED) is 0.0718. The third kappa shape index (κ3) is 5.82. The van der Waals surface area contributed by atoms with E-state index < -0.39 is 69.3 Å². The predicted molar refractivity (Wildman–Crippen MR) is 173 cm³/mol. The number of halogens is 6. The van der Waals surface area contributed by atoms with E-state index in [9.17, 15) is 55.6 Å². The first kappa shape index (κ1) is 34.4. The number of nitrogens with zero attached hydrogens (tertiary/aromatic N) is 3. The van der Waals surface area contributed by atoms with Crippen LogP contribution in [0.3, 0.4) is 0 Å². The summed E-state index contributed by atoms with van der Waals surface area (Å²) in [7, 11) is 0. The van der Waals surface area contributed by atoms with Gasteiger partial charge in [-0.25, -0.2) is 9.80 Å². The molecule has 0 atom stereocenters. The highest BCUT2D eigenvalue weighted by Gasteiger charge is 2.46. The average molecular weight is 723 g/mol. The maximum absolute atomic E-state index is 13.6. The first-order chi connectivity index (χ1) is 24.5. The van der Waals surface area contributed by atoms with Crippen LogP contribution in [0.2, 0.25) is 0 Å². The van der Waals surface area contributed by atoms with Crippen molar-refractivity contribution in [2.45, 2.75) is 49.9 Å². The lowest BCUT2D eigenvalue weighted by Gasteiger charge is -2.20. The lowest BCUT2D eigenvalue weighted by Crippen LogP contribution is -2.30. The largest absolute Gasteiger partial charge is 0.417 e. The Hall–Kier alpha value is -6.06. The second-order valence-electron chi connectivity index (χ2n) is 12.7. The molecule has 2 fully saturated rings. The monoisotopic (exact) mass is 722 g/mol. The van der Waals surface area contributed by atoms with Gasteiger partial charge in [-0.3, -0.25) is 29.3 Å². The number of anilines is 3. The molecule has 4 amide bonds. The number of rotatable bonds is 5. The van der Waals surface area contributed by atoms with Gasteiger partial charge in [0.2, 0.25) is 0 Å². The van der Waals surface area contributed by atoms with Crippen LogP contribution in [0.5, 0.6) is 0 Å². The van der Waals surface area contributed by atoms with Gasteiger partial charge in [0.25, 0.3) is 29.3 Å². The van der Waals surface area contributed by atoms with Crippen LogP contribution >= 0.6 is 0 Å². The van der Waals surface area contributed by atoms with E-state index in [0.717, 1.165) is 17.0 Å². The molecular formula is C36H24F6N4O6. The Balaban J connectivity index is 0.000000162. The van der Waals surface area contributed by atoms with Crippen molar-refractivity contribution in [2.24, 2.45) is 0 Å². The highest BCUT2D eigenvalue weighted by Crippen LogP contribution is 2.52. The van der Waals surface area contributed by atoms with E-state index in [-0.39, 0.29) is 50.7 Å². The molecule has 10 nitrogen and oxygen atoms in total. The molecule has 4 aromatic rings. The molecule has 16 heteroatoms. The molecule has 2 heterocycles. The van der Waals surface area contributed by atoms with Crippen molar-refractivity contribution in [3.63, 3.8) is 0 Å². The van der Waals surface area contributed by atoms with Crippen molar-refractivity contribution in [2.75, 3.05) is 15.5 Å². The van der Waals surface area contributed by atoms with Crippen LogP contribution in [0.25, 0.3) is 0 Å². The predicted octanol–water partition coefficient (Wildman–Crippen LogP) is 8.26. The molecule has 0 aromatic heterocycles. The van der Waals surface area contributed by atoms with E-state index >= 15 is 0 Å². The van der Waals surface area contributed by atoms with Gasteiger partial charge in [0, 0.05) is 17.3 Å². The van der Waals surface area contributed by atoms with Crippen LogP contribution in [0.1, 0.15) is 101 Å². The van der Waals surface area contributed by atoms with E-state index in [0.29, 0.717) is 36.6 Å². The molecule has 0 bridgehead atoms. The van der Waals surface area contributed by atoms with E-state index in [4.69, 9.17) is 5.73 Å². The van der Waals surface area contributed by atoms with Crippen molar-refractivity contribution in [1.29, 1.82) is 0 Å². The van der Waals surface area contributed by atoms with Crippen molar-refractivity contribution in [1.82, 2.24) is 0 Å². The standard InChI is InChI=1S/C18H11F3N2O4.C18H13F3N2O2/c19-18(20,21)13-7-10(8-14(23(26)27)15(13)9-5-6-9)22-16(24)11-3-1-2-4-12(11)17(22)25;19-18(20,21)13-7-10(8-14(22)15(13)9-5-6-9)23-16(24)11-3-1-2-4-12(11)17(23)25/h1-4,7-9H,5-6H2;1-4,7-9H,5-6,22H2. The van der Waals surface area contributed by atoms with Gasteiger partial charge < -0.3 is 5.73 Å². The minimum atomic E-state index is -4.85. The summed E-state index contributed by atoms with van der Waals surface area (Å²) in [4.78, 5) is 61.9. The zero-order valence-corrected chi connectivity index (χ0v) is 26.5. The number of benzene rings is 4. The summed E-state index contributed by atoms with van der Waals surface area (Å²) < 4.78 is 81.3. The van der Waals surface area contributed by atoms with Crippen LogP contribution < -0.4 is 15.5 Å². The molecule has 52 heavy (non-hydrogen) atoms. The van der Waals surface area contributed by atoms with E-state index in [2.05, 4.69) is 0 Å². The fourth-order valence-corrected chi connectivity index (χ4v) is 6.64. The summed E-state index contributed by atoms with van der Waals surface area (Å²) >= 11 is 0. The van der Waals surface area contributed by atoms with Crippen LogP contribution in [0.4, 0.5) is 49.1 Å². The third-order valence-electron chi connectivity index (χ3n) is 9.22. The summed E-state index contributed by atoms with van der Waals surface area (Å²) in [6, 6.07) is 15.6. The summed E-state index contributed by atoms with van der Waals surface area (Å²) in [5.41, 5.74) is 2.58. The SMILES string of the molecule is Nc1cc(N2C(=O)c3ccccc3C2=O)cc(C(F)(F)F)c1C1CC1.O=C1c2ccccc2C(=O)N1c1cc([N+](=O)[O-])c(C2CC2)c(C(F)(F)F)c1. The number of nitrogens with two attached hydrogens (primary N) is 1. The molecule has 0 unspecified atom stereocenters. The fourth-order valence-electron chi connectivity index (χ4n) is 6.64. The van der Waals surface area contributed by atoms with Gasteiger partial charge in [-0.1, -0.05) is 24.3 Å². The number of nitro groups is 1. The zero-order valence-electron chi connectivity index (χ0n) is 26.5. The Morgan fingerprint density at radius 2 is 0.942 bits per heavy atom. The number of carbonyl (C=O) groups is 4. The molecule has 8 rings (SSSR count). The Morgan fingerprint density at radius 1 is 0.596 bits per heavy atom. The number of alkyl halides is 6. The Labute approximate surface area is 289 Å². The molecular weight excluding hydrogens is 698 g/mol. The number of imide groups is 2. The Kier molecular flexibility index (Phi) is 7.95. The van der Waals surface area contributed by atoms with Crippen LogP contribution in [0, 0.1) is 10.1 Å². The van der Waals surface area contributed by atoms with E-state index in [1.165, 1.54) is 42.5 Å². The molecule has 2 aliphatic heterocycles. The van der Waals surface area contributed by atoms with Gasteiger partial charge in [-0.15, -0.1) is 0 Å². The molecule has 0 saturated heterocycles. The number of hydrogen-bond donors (Lipinski definition) is 1. The molecule has 4 aromatic carbocycles. The van der Waals surface area contributed by atoms with Gasteiger partial charge in [-0.2, -0.15) is 26.3 Å². The maximum Gasteiger partial charge on any atom is 0.417 e. The van der Waals surface area contributed by atoms with Crippen molar-refractivity contribution < 1.29 is 50.4 Å². The number of amides is 4. The molecule has 0 spiro atoms. The number of fused-ring (bicyclic) bond motifs is 2. The van der Waals surface area contributed by atoms with Crippen molar-refractivity contribution in [3.8, 4) is 0 Å². The number of carbonyl (C=O) groups excluding carboxylic acids is 4. The maximum atomic E-state index is 13.6. The lowest BCUT2D eigenvalue weighted by molar-refractivity contribution is -0.385. The first-order valence-corrected chi connectivity index (χ1v) is 15.8. The van der Waals surface area contributed by atoms with E-state index in [1.807, 2.05) is 0 Å². The van der Waals surface area contributed by atoms with Gasteiger partial charge >= 0.3 is 12.4 Å². The second kappa shape index (κ2) is 12.0. The number of nitrogen functional groups attached to an aromatic ring is 1. The minimum absolute atomic E-state index is 0.0381. The topological polar surface area (TPSA) is 144 Å². The molecule has 0 radical (unpaired) electrons. The van der Waals surface area contributed by atoms with E-state index in [1.54, 1.807) is 12.1 Å². The summed E-state index contributed by atoms with van der Waals surface area (Å²) in [6.45, 7) is 0. The van der Waals surface area contributed by atoms with Crippen LogP contribution in [-0.4, -0.2) is 28.6 Å². The third-order valence-corrected chi connectivity index (χ3v) is 9.22. The van der Waals surface area contributed by atoms with Crippen molar-refractivity contribution in [3.05, 3.63) is 127 Å². The Bertz CT molecular complexity index is 2170. The number of hydrogen-bond acceptors (Lipinski definition) is 7. The van der Waals surface area contributed by atoms with Gasteiger partial charge in [0.1, 0.15) is 0 Å². The first-order valence-electron chi connectivity index (χ1n) is 15.8. The highest BCUT2D eigenvalue weighted by atomic mass is 19.4. The Morgan fingerprint density at radius 3 is 1.29 bits per heavy atom. The minimum Gasteiger partial charge on any atom is -0.398 e. The molecule has 4 aliphatic rings. The molecule has 2 aliphatic carbocycles. The summed E-state index contributed by atoms with van der Waals surface area (Å²) in [5, 5.41) is 11.4. The average Bonchev–Trinajstić information content (AvgIpc) is 4.02. The number of nitro benzene ring substituents is 1. The summed E-state index contributed by atoms with van der Waals surface area (Å²) in [5.74, 6) is -3.67. The van der Waals surface area contributed by atoms with Gasteiger partial charge in [-0.05, 0) is 85.5 Å². The van der Waals surface area contributed by atoms with Crippen molar-refractivity contribution >= 4 is 46.4 Å². The molecule has 2 saturated carbocycles. The van der Waals surface area contributed by atoms with Gasteiger partial charge in [0.05, 0.1) is 49.7 Å². The highest BCUT2D eigenvalue weighted by molar-refractivity contribution is 6.35. The molecule has 266 valence electrons. The summed E-state index contributed by atoms with van der Waals surface area (Å²) in [6.07, 6.45) is -7.30. The van der Waals surface area contributed by atoms with Gasteiger partial charge in [0.15, 0.2) is 0 Å².